The van der Waals surface area contributed by atoms with Crippen molar-refractivity contribution in [1.29, 1.82) is 0 Å². The Hall–Kier alpha value is -2.71. The van der Waals surface area contributed by atoms with Gasteiger partial charge in [-0.2, -0.15) is 0 Å². The van der Waals surface area contributed by atoms with Crippen LogP contribution in [0, 0.1) is 6.92 Å². The third-order valence-corrected chi connectivity index (χ3v) is 5.65. The van der Waals surface area contributed by atoms with Crippen LogP contribution in [0.2, 0.25) is 0 Å². The van der Waals surface area contributed by atoms with Crippen molar-refractivity contribution in [2.75, 3.05) is 17.2 Å². The van der Waals surface area contributed by atoms with Gasteiger partial charge in [0.25, 0.3) is 5.91 Å². The SMILES string of the molecule is CCOc1ccc(-c2nc(C)c(C(=O)Nc3cc(Br)ccc3NC(C)=O)s2)cc1. The van der Waals surface area contributed by atoms with E-state index in [1.807, 2.05) is 31.2 Å². The molecule has 2 N–H and O–H groups in total. The first-order chi connectivity index (χ1) is 13.9. The lowest BCUT2D eigenvalue weighted by molar-refractivity contribution is -0.114. The zero-order valence-electron chi connectivity index (χ0n) is 16.2. The minimum absolute atomic E-state index is 0.213. The molecule has 1 heterocycles. The van der Waals surface area contributed by atoms with E-state index in [9.17, 15) is 9.59 Å². The molecule has 1 aromatic heterocycles. The molecule has 2 aromatic carbocycles. The van der Waals surface area contributed by atoms with Crippen molar-refractivity contribution >= 4 is 50.5 Å². The highest BCUT2D eigenvalue weighted by Crippen LogP contribution is 2.31. The van der Waals surface area contributed by atoms with Crippen LogP contribution < -0.4 is 15.4 Å². The van der Waals surface area contributed by atoms with Crippen molar-refractivity contribution < 1.29 is 14.3 Å². The van der Waals surface area contributed by atoms with Gasteiger partial charge in [0.05, 0.1) is 23.7 Å². The molecule has 0 aliphatic carbocycles. The standard InChI is InChI=1S/C21H20BrN3O3S/c1-4-28-16-8-5-14(6-9-16)21-23-12(2)19(29-21)20(27)25-18-11-15(22)7-10-17(18)24-13(3)26/h5-11H,4H2,1-3H3,(H,24,26)(H,25,27). The molecule has 8 heteroatoms. The van der Waals surface area contributed by atoms with Crippen LogP contribution in [0.25, 0.3) is 10.6 Å². The number of rotatable bonds is 6. The summed E-state index contributed by atoms with van der Waals surface area (Å²) in [6.07, 6.45) is 0. The van der Waals surface area contributed by atoms with Gasteiger partial charge in [0.1, 0.15) is 15.6 Å². The molecule has 0 atom stereocenters. The number of ether oxygens (including phenoxy) is 1. The number of anilines is 2. The van der Waals surface area contributed by atoms with E-state index >= 15 is 0 Å². The van der Waals surface area contributed by atoms with Gasteiger partial charge in [-0.15, -0.1) is 11.3 Å². The maximum atomic E-state index is 12.9. The zero-order valence-corrected chi connectivity index (χ0v) is 18.6. The van der Waals surface area contributed by atoms with Crippen LogP contribution >= 0.6 is 27.3 Å². The summed E-state index contributed by atoms with van der Waals surface area (Å²) in [6.45, 7) is 5.77. The van der Waals surface area contributed by atoms with E-state index in [1.165, 1.54) is 18.3 Å². The quantitative estimate of drug-likeness (QED) is 0.495. The largest absolute Gasteiger partial charge is 0.494 e. The third-order valence-electron chi connectivity index (χ3n) is 3.96. The fourth-order valence-corrected chi connectivity index (χ4v) is 4.02. The summed E-state index contributed by atoms with van der Waals surface area (Å²) in [5, 5.41) is 6.35. The van der Waals surface area contributed by atoms with Crippen LogP contribution in [0.3, 0.4) is 0 Å². The predicted octanol–water partition coefficient (Wildman–Crippen LogP) is 5.49. The molecule has 0 aliphatic heterocycles. The fraction of sp³-hybridized carbons (Fsp3) is 0.190. The minimum atomic E-state index is -0.276. The van der Waals surface area contributed by atoms with Gasteiger partial charge >= 0.3 is 0 Å². The average molecular weight is 474 g/mol. The smallest absolute Gasteiger partial charge is 0.267 e. The molecule has 0 saturated heterocycles. The van der Waals surface area contributed by atoms with Crippen molar-refractivity contribution in [3.8, 4) is 16.3 Å². The van der Waals surface area contributed by atoms with E-state index in [-0.39, 0.29) is 11.8 Å². The molecule has 2 amide bonds. The molecular formula is C21H20BrN3O3S. The second kappa shape index (κ2) is 9.19. The number of amides is 2. The molecule has 0 fully saturated rings. The Morgan fingerprint density at radius 3 is 2.48 bits per heavy atom. The minimum Gasteiger partial charge on any atom is -0.494 e. The van der Waals surface area contributed by atoms with Gasteiger partial charge < -0.3 is 15.4 Å². The third kappa shape index (κ3) is 5.21. The van der Waals surface area contributed by atoms with E-state index in [1.54, 1.807) is 25.1 Å². The van der Waals surface area contributed by atoms with Gasteiger partial charge in [-0.1, -0.05) is 15.9 Å². The number of aryl methyl sites for hydroxylation is 1. The Morgan fingerprint density at radius 2 is 1.83 bits per heavy atom. The van der Waals surface area contributed by atoms with Crippen LogP contribution in [0.15, 0.2) is 46.9 Å². The summed E-state index contributed by atoms with van der Waals surface area (Å²) in [7, 11) is 0. The van der Waals surface area contributed by atoms with Crippen LogP contribution in [-0.4, -0.2) is 23.4 Å². The van der Waals surface area contributed by atoms with Gasteiger partial charge in [0.2, 0.25) is 5.91 Å². The lowest BCUT2D eigenvalue weighted by Gasteiger charge is -2.11. The molecule has 29 heavy (non-hydrogen) atoms. The number of nitrogens with zero attached hydrogens (tertiary/aromatic N) is 1. The van der Waals surface area contributed by atoms with E-state index in [4.69, 9.17) is 4.74 Å². The van der Waals surface area contributed by atoms with Crippen LogP contribution in [0.5, 0.6) is 5.75 Å². The molecule has 150 valence electrons. The lowest BCUT2D eigenvalue weighted by atomic mass is 10.2. The number of aromatic nitrogens is 1. The number of halogens is 1. The van der Waals surface area contributed by atoms with Crippen molar-refractivity contribution in [2.45, 2.75) is 20.8 Å². The fourth-order valence-electron chi connectivity index (χ4n) is 2.69. The number of hydrogen-bond donors (Lipinski definition) is 2. The maximum absolute atomic E-state index is 12.9. The highest BCUT2D eigenvalue weighted by Gasteiger charge is 2.18. The van der Waals surface area contributed by atoms with Crippen molar-refractivity contribution in [3.63, 3.8) is 0 Å². The van der Waals surface area contributed by atoms with Crippen molar-refractivity contribution in [3.05, 3.63) is 57.5 Å². The monoisotopic (exact) mass is 473 g/mol. The first-order valence-electron chi connectivity index (χ1n) is 8.96. The van der Waals surface area contributed by atoms with Crippen LogP contribution in [0.4, 0.5) is 11.4 Å². The predicted molar refractivity (Wildman–Crippen MR) is 120 cm³/mol. The Morgan fingerprint density at radius 1 is 1.10 bits per heavy atom. The summed E-state index contributed by atoms with van der Waals surface area (Å²) in [4.78, 5) is 29.4. The van der Waals surface area contributed by atoms with E-state index in [2.05, 4.69) is 31.5 Å². The molecular weight excluding hydrogens is 454 g/mol. The van der Waals surface area contributed by atoms with E-state index in [0.29, 0.717) is 28.6 Å². The Balaban J connectivity index is 1.84. The first kappa shape index (κ1) is 21.0. The van der Waals surface area contributed by atoms with Gasteiger partial charge in [-0.05, 0) is 56.3 Å². The topological polar surface area (TPSA) is 80.3 Å². The number of carbonyl (C=O) groups is 2. The van der Waals surface area contributed by atoms with Gasteiger partial charge in [-0.25, -0.2) is 4.98 Å². The van der Waals surface area contributed by atoms with Crippen molar-refractivity contribution in [1.82, 2.24) is 4.98 Å². The highest BCUT2D eigenvalue weighted by molar-refractivity contribution is 9.10. The Bertz CT molecular complexity index is 1050. The summed E-state index contributed by atoms with van der Waals surface area (Å²) in [6, 6.07) is 12.9. The normalized spacial score (nSPS) is 10.5. The van der Waals surface area contributed by atoms with Gasteiger partial charge in [0.15, 0.2) is 0 Å². The molecule has 0 saturated carbocycles. The highest BCUT2D eigenvalue weighted by atomic mass is 79.9. The number of carbonyl (C=O) groups excluding carboxylic acids is 2. The molecule has 0 aliphatic rings. The Kier molecular flexibility index (Phi) is 6.66. The number of hydrogen-bond acceptors (Lipinski definition) is 5. The Labute approximate surface area is 181 Å². The van der Waals surface area contributed by atoms with Crippen LogP contribution in [0.1, 0.15) is 29.2 Å². The molecule has 0 spiro atoms. The second-order valence-electron chi connectivity index (χ2n) is 6.22. The summed E-state index contributed by atoms with van der Waals surface area (Å²) in [5.41, 5.74) is 2.60. The molecule has 3 rings (SSSR count). The lowest BCUT2D eigenvalue weighted by Crippen LogP contribution is -2.15. The van der Waals surface area contributed by atoms with E-state index in [0.717, 1.165) is 20.8 Å². The molecule has 6 nitrogen and oxygen atoms in total. The van der Waals surface area contributed by atoms with E-state index < -0.39 is 0 Å². The van der Waals surface area contributed by atoms with Gasteiger partial charge in [-0.3, -0.25) is 9.59 Å². The van der Waals surface area contributed by atoms with Crippen molar-refractivity contribution in [2.24, 2.45) is 0 Å². The molecule has 0 bridgehead atoms. The average Bonchev–Trinajstić information content (AvgIpc) is 3.06. The summed E-state index contributed by atoms with van der Waals surface area (Å²) >= 11 is 4.71. The van der Waals surface area contributed by atoms with Crippen LogP contribution in [-0.2, 0) is 4.79 Å². The number of benzene rings is 2. The number of thiazole rings is 1. The summed E-state index contributed by atoms with van der Waals surface area (Å²) < 4.78 is 6.25. The molecule has 3 aromatic rings. The first-order valence-corrected chi connectivity index (χ1v) is 10.6. The van der Waals surface area contributed by atoms with Gasteiger partial charge in [0, 0.05) is 17.0 Å². The maximum Gasteiger partial charge on any atom is 0.267 e. The zero-order chi connectivity index (χ0) is 21.0. The summed E-state index contributed by atoms with van der Waals surface area (Å²) in [5.74, 6) is 0.305. The molecule has 0 radical (unpaired) electrons. The molecule has 0 unspecified atom stereocenters. The second-order valence-corrected chi connectivity index (χ2v) is 8.13. The number of nitrogens with one attached hydrogen (secondary N) is 2.